The molecule has 272 valence electrons. The molecule has 0 aliphatic heterocycles. The summed E-state index contributed by atoms with van der Waals surface area (Å²) < 4.78 is 0. The predicted octanol–water partition coefficient (Wildman–Crippen LogP) is 14.3. The van der Waals surface area contributed by atoms with E-state index in [1.54, 1.807) is 0 Å². The van der Waals surface area contributed by atoms with Crippen molar-refractivity contribution in [1.82, 2.24) is 0 Å². The molecule has 3 aliphatic rings. The molecular weight excluding hydrogens is 687 g/mol. The number of allylic oxidation sites excluding steroid dienone is 3. The highest BCUT2D eigenvalue weighted by Gasteiger charge is 2.47. The minimum absolute atomic E-state index is 0.0580. The molecule has 0 saturated heterocycles. The maximum Gasteiger partial charge on any atom is 0.0713 e. The molecule has 1 atom stereocenters. The fraction of sp³-hybridized carbons (Fsp3) is 0.107. The van der Waals surface area contributed by atoms with Crippen LogP contribution in [-0.2, 0) is 10.8 Å². The van der Waals surface area contributed by atoms with E-state index in [0.717, 1.165) is 12.1 Å². The smallest absolute Gasteiger partial charge is 0.0713 e. The van der Waals surface area contributed by atoms with Gasteiger partial charge >= 0.3 is 0 Å². The van der Waals surface area contributed by atoms with Crippen LogP contribution in [0.25, 0.3) is 33.0 Å². The molecule has 0 fully saturated rings. The van der Waals surface area contributed by atoms with Crippen LogP contribution in [0, 0.1) is 0 Å². The van der Waals surface area contributed by atoms with Gasteiger partial charge < -0.3 is 4.90 Å². The molecule has 0 aromatic heterocycles. The predicted molar refractivity (Wildman–Crippen MR) is 238 cm³/mol. The van der Waals surface area contributed by atoms with Crippen LogP contribution in [0.5, 0.6) is 0 Å². The second-order valence-corrected chi connectivity index (χ2v) is 16.4. The Labute approximate surface area is 335 Å². The van der Waals surface area contributed by atoms with E-state index in [2.05, 4.69) is 225 Å². The van der Waals surface area contributed by atoms with Gasteiger partial charge in [0.1, 0.15) is 0 Å². The summed E-state index contributed by atoms with van der Waals surface area (Å²) in [6.07, 6.45) is 5.97. The van der Waals surface area contributed by atoms with Crippen molar-refractivity contribution < 1.29 is 0 Å². The van der Waals surface area contributed by atoms with Crippen LogP contribution in [0.3, 0.4) is 0 Å². The third-order valence-electron chi connectivity index (χ3n) is 13.1. The fourth-order valence-electron chi connectivity index (χ4n) is 10.6. The molecule has 0 N–H and O–H groups in total. The summed E-state index contributed by atoms with van der Waals surface area (Å²) in [5.41, 5.74) is 17.7. The number of nitrogens with zero attached hydrogens (tertiary/aromatic N) is 1. The Morgan fingerprint density at radius 1 is 0.526 bits per heavy atom. The largest absolute Gasteiger partial charge is 0.310 e. The second-order valence-electron chi connectivity index (χ2n) is 16.4. The molecule has 1 heteroatoms. The molecule has 11 rings (SSSR count). The van der Waals surface area contributed by atoms with Gasteiger partial charge in [0.2, 0.25) is 0 Å². The summed E-state index contributed by atoms with van der Waals surface area (Å²) in [5, 5.41) is 2.51. The van der Waals surface area contributed by atoms with Gasteiger partial charge in [-0.15, -0.1) is 0 Å². The van der Waals surface area contributed by atoms with Crippen LogP contribution in [0.4, 0.5) is 11.4 Å². The van der Waals surface area contributed by atoms with Crippen LogP contribution < -0.4 is 4.90 Å². The van der Waals surface area contributed by atoms with Gasteiger partial charge in [-0.1, -0.05) is 201 Å². The van der Waals surface area contributed by atoms with Crippen LogP contribution >= 0.6 is 0 Å². The minimum Gasteiger partial charge on any atom is -0.310 e. The Hall–Kier alpha value is -6.70. The van der Waals surface area contributed by atoms with Gasteiger partial charge in [0.05, 0.1) is 11.1 Å². The summed E-state index contributed by atoms with van der Waals surface area (Å²) in [6.45, 7) is 4.82. The van der Waals surface area contributed by atoms with Crippen molar-refractivity contribution in [2.75, 3.05) is 4.90 Å². The summed E-state index contributed by atoms with van der Waals surface area (Å²) in [6, 6.07) is 72.1. The highest BCUT2D eigenvalue weighted by molar-refractivity contribution is 6.06. The first-order valence-electron chi connectivity index (χ1n) is 20.3. The monoisotopic (exact) mass is 729 g/mol. The third-order valence-corrected chi connectivity index (χ3v) is 13.1. The van der Waals surface area contributed by atoms with Crippen LogP contribution in [0.2, 0.25) is 0 Å². The van der Waals surface area contributed by atoms with Gasteiger partial charge in [0.15, 0.2) is 0 Å². The van der Waals surface area contributed by atoms with Gasteiger partial charge in [0.25, 0.3) is 0 Å². The van der Waals surface area contributed by atoms with E-state index in [0.29, 0.717) is 5.92 Å². The van der Waals surface area contributed by atoms with E-state index in [4.69, 9.17) is 0 Å². The molecule has 0 heterocycles. The van der Waals surface area contributed by atoms with Gasteiger partial charge in [-0.25, -0.2) is 0 Å². The van der Waals surface area contributed by atoms with Crippen LogP contribution in [0.1, 0.15) is 59.6 Å². The molecule has 0 bridgehead atoms. The third kappa shape index (κ3) is 4.95. The maximum atomic E-state index is 2.53. The normalized spacial score (nSPS) is 16.8. The zero-order chi connectivity index (χ0) is 38.1. The van der Waals surface area contributed by atoms with Crippen molar-refractivity contribution in [2.45, 2.75) is 37.0 Å². The number of rotatable bonds is 6. The fourth-order valence-corrected chi connectivity index (χ4v) is 10.6. The number of hydrogen-bond acceptors (Lipinski definition) is 1. The van der Waals surface area contributed by atoms with E-state index in [-0.39, 0.29) is 5.41 Å². The number of hydrogen-bond donors (Lipinski definition) is 0. The molecule has 3 aliphatic carbocycles. The quantitative estimate of drug-likeness (QED) is 0.165. The van der Waals surface area contributed by atoms with E-state index in [1.165, 1.54) is 83.4 Å². The molecule has 0 spiro atoms. The SMILES string of the molecule is CC1(C)C2=CC(N(c3ccc4ccc5c(c4c3)-c3ccccc3C5(c3ccccc3)c3ccccc3)c3ccccc3-c3ccccc3)=CCC2c2ccccc21. The number of benzene rings is 8. The Kier molecular flexibility index (Phi) is 7.63. The molecule has 57 heavy (non-hydrogen) atoms. The zero-order valence-electron chi connectivity index (χ0n) is 32.4. The highest BCUT2D eigenvalue weighted by atomic mass is 15.1. The molecule has 1 nitrogen and oxygen atoms in total. The first kappa shape index (κ1) is 33.6. The molecule has 1 unspecified atom stereocenters. The summed E-state index contributed by atoms with van der Waals surface area (Å²) in [7, 11) is 0. The lowest BCUT2D eigenvalue weighted by molar-refractivity contribution is 0.609. The number of anilines is 2. The first-order chi connectivity index (χ1) is 28.0. The summed E-state index contributed by atoms with van der Waals surface area (Å²) >= 11 is 0. The van der Waals surface area contributed by atoms with E-state index in [9.17, 15) is 0 Å². The summed E-state index contributed by atoms with van der Waals surface area (Å²) in [5.74, 6) is 0.395. The lowest BCUT2D eigenvalue weighted by Crippen LogP contribution is -2.28. The van der Waals surface area contributed by atoms with Crippen molar-refractivity contribution in [1.29, 1.82) is 0 Å². The van der Waals surface area contributed by atoms with Crippen molar-refractivity contribution in [3.05, 3.63) is 251 Å². The Balaban J connectivity index is 1.17. The van der Waals surface area contributed by atoms with Gasteiger partial charge in [0, 0.05) is 28.3 Å². The van der Waals surface area contributed by atoms with Crippen LogP contribution in [-0.4, -0.2) is 0 Å². The highest BCUT2D eigenvalue weighted by Crippen LogP contribution is 2.59. The first-order valence-corrected chi connectivity index (χ1v) is 20.3. The second kappa shape index (κ2) is 12.9. The molecule has 0 saturated carbocycles. The molecular formula is C56H43N. The minimum atomic E-state index is -0.452. The van der Waals surface area contributed by atoms with Gasteiger partial charge in [-0.05, 0) is 91.5 Å². The number of fused-ring (bicyclic) bond motifs is 8. The maximum absolute atomic E-state index is 2.53. The van der Waals surface area contributed by atoms with E-state index < -0.39 is 5.41 Å². The van der Waals surface area contributed by atoms with E-state index >= 15 is 0 Å². The lowest BCUT2D eigenvalue weighted by Gasteiger charge is -2.34. The standard InChI is InChI=1S/C56H43N/c1-55(2)49-27-15-12-25-45(49)46-34-33-43(37-52(46)55)57(53-29-17-14-24-44(53)38-18-6-3-7-19-38)42-32-30-39-31-35-51-54(48(39)36-42)47-26-13-16-28-50(47)56(51,40-20-8-4-9-21-40)41-22-10-5-11-23-41/h3-33,35-37,46H,34H2,1-2H3. The average molecular weight is 730 g/mol. The zero-order valence-corrected chi connectivity index (χ0v) is 32.4. The molecule has 0 amide bonds. The van der Waals surface area contributed by atoms with Crippen molar-refractivity contribution in [3.8, 4) is 22.3 Å². The number of para-hydroxylation sites is 1. The van der Waals surface area contributed by atoms with Crippen molar-refractivity contribution in [3.63, 3.8) is 0 Å². The molecule has 0 radical (unpaired) electrons. The lowest BCUT2D eigenvalue weighted by atomic mass is 9.67. The van der Waals surface area contributed by atoms with Crippen LogP contribution in [0.15, 0.2) is 218 Å². The van der Waals surface area contributed by atoms with Gasteiger partial charge in [-0.3, -0.25) is 0 Å². The Bertz CT molecular complexity index is 2860. The average Bonchev–Trinajstić information content (AvgIpc) is 3.71. The van der Waals surface area contributed by atoms with Gasteiger partial charge in [-0.2, -0.15) is 0 Å². The topological polar surface area (TPSA) is 3.24 Å². The summed E-state index contributed by atoms with van der Waals surface area (Å²) in [4.78, 5) is 2.53. The van der Waals surface area contributed by atoms with E-state index in [1.807, 2.05) is 0 Å². The van der Waals surface area contributed by atoms with Crippen molar-refractivity contribution in [2.24, 2.45) is 0 Å². The Morgan fingerprint density at radius 2 is 1.12 bits per heavy atom. The van der Waals surface area contributed by atoms with Crippen molar-refractivity contribution >= 4 is 22.1 Å². The Morgan fingerprint density at radius 3 is 1.86 bits per heavy atom. The molecule has 8 aromatic carbocycles. The molecule has 8 aromatic rings.